The van der Waals surface area contributed by atoms with Crippen molar-refractivity contribution in [3.05, 3.63) is 40.5 Å². The van der Waals surface area contributed by atoms with Gasteiger partial charge in [0.25, 0.3) is 5.69 Å². The van der Waals surface area contributed by atoms with Crippen molar-refractivity contribution in [3.63, 3.8) is 0 Å². The SMILES string of the molecule is O=C1[C@H]2CC=CC[C@@H]2C(=O)N1c1ccc([N+](=O)[O-])cc1O. The number of allylic oxidation sites excluding steroid dienone is 2. The number of nitrogens with zero attached hydrogens (tertiary/aromatic N) is 2. The third-order valence-corrected chi connectivity index (χ3v) is 3.92. The molecule has 1 heterocycles. The number of amides is 2. The number of carbonyl (C=O) groups excluding carboxylic acids is 2. The summed E-state index contributed by atoms with van der Waals surface area (Å²) in [5.41, 5.74) is -0.292. The molecular weight excluding hydrogens is 276 g/mol. The molecule has 1 saturated heterocycles. The summed E-state index contributed by atoms with van der Waals surface area (Å²) < 4.78 is 0. The van der Waals surface area contributed by atoms with Crippen LogP contribution in [0.3, 0.4) is 0 Å². The zero-order valence-electron chi connectivity index (χ0n) is 10.9. The molecule has 0 spiro atoms. The van der Waals surface area contributed by atoms with Crippen LogP contribution in [0.5, 0.6) is 5.75 Å². The molecule has 1 N–H and O–H groups in total. The highest BCUT2D eigenvalue weighted by Crippen LogP contribution is 2.41. The van der Waals surface area contributed by atoms with E-state index in [9.17, 15) is 24.8 Å². The van der Waals surface area contributed by atoms with Gasteiger partial charge < -0.3 is 5.11 Å². The number of fused-ring (bicyclic) bond motifs is 1. The minimum atomic E-state index is -0.652. The van der Waals surface area contributed by atoms with Crippen LogP contribution >= 0.6 is 0 Å². The highest BCUT2D eigenvalue weighted by molar-refractivity contribution is 6.22. The normalized spacial score (nSPS) is 24.3. The summed E-state index contributed by atoms with van der Waals surface area (Å²) in [6.45, 7) is 0. The van der Waals surface area contributed by atoms with Crippen molar-refractivity contribution in [2.75, 3.05) is 4.90 Å². The number of imide groups is 1. The van der Waals surface area contributed by atoms with Gasteiger partial charge in [-0.25, -0.2) is 4.90 Å². The number of nitro benzene ring substituents is 1. The quantitative estimate of drug-likeness (QED) is 0.387. The van der Waals surface area contributed by atoms with Gasteiger partial charge in [0.05, 0.1) is 28.5 Å². The van der Waals surface area contributed by atoms with Gasteiger partial charge in [-0.05, 0) is 18.9 Å². The first-order chi connectivity index (χ1) is 10.0. The molecule has 2 aliphatic rings. The molecule has 0 unspecified atom stereocenters. The van der Waals surface area contributed by atoms with E-state index in [-0.39, 0.29) is 23.2 Å². The Morgan fingerprint density at radius 2 is 1.71 bits per heavy atom. The van der Waals surface area contributed by atoms with E-state index in [0.29, 0.717) is 12.8 Å². The largest absolute Gasteiger partial charge is 0.505 e. The number of benzene rings is 1. The third kappa shape index (κ3) is 1.97. The summed E-state index contributed by atoms with van der Waals surface area (Å²) in [5.74, 6) is -1.98. The van der Waals surface area contributed by atoms with E-state index in [1.54, 1.807) is 0 Å². The van der Waals surface area contributed by atoms with Crippen LogP contribution in [0.25, 0.3) is 0 Å². The Hall–Kier alpha value is -2.70. The molecule has 3 rings (SSSR count). The van der Waals surface area contributed by atoms with Gasteiger partial charge in [0.2, 0.25) is 11.8 Å². The van der Waals surface area contributed by atoms with Crippen molar-refractivity contribution < 1.29 is 19.6 Å². The van der Waals surface area contributed by atoms with Crippen LogP contribution in [-0.2, 0) is 9.59 Å². The van der Waals surface area contributed by atoms with Crippen molar-refractivity contribution in [2.45, 2.75) is 12.8 Å². The number of aromatic hydroxyl groups is 1. The van der Waals surface area contributed by atoms with Gasteiger partial charge in [0.15, 0.2) is 0 Å². The minimum absolute atomic E-state index is 0.00463. The van der Waals surface area contributed by atoms with Gasteiger partial charge in [0, 0.05) is 6.07 Å². The molecule has 2 amide bonds. The maximum atomic E-state index is 12.3. The Balaban J connectivity index is 1.99. The van der Waals surface area contributed by atoms with E-state index in [4.69, 9.17) is 0 Å². The van der Waals surface area contributed by atoms with Crippen LogP contribution in [0.4, 0.5) is 11.4 Å². The van der Waals surface area contributed by atoms with Crippen LogP contribution in [0.15, 0.2) is 30.4 Å². The lowest BCUT2D eigenvalue weighted by Crippen LogP contribution is -2.30. The lowest BCUT2D eigenvalue weighted by molar-refractivity contribution is -0.384. The molecule has 1 aliphatic heterocycles. The topological polar surface area (TPSA) is 101 Å². The molecule has 7 nitrogen and oxygen atoms in total. The number of anilines is 1. The molecule has 0 aromatic heterocycles. The van der Waals surface area contributed by atoms with Crippen LogP contribution in [0.2, 0.25) is 0 Å². The Kier molecular flexibility index (Phi) is 2.97. The molecule has 1 fully saturated rings. The summed E-state index contributed by atoms with van der Waals surface area (Å²) in [7, 11) is 0. The molecule has 0 radical (unpaired) electrons. The summed E-state index contributed by atoms with van der Waals surface area (Å²) in [4.78, 5) is 35.6. The second-order valence-corrected chi connectivity index (χ2v) is 5.10. The fraction of sp³-hybridized carbons (Fsp3) is 0.286. The molecule has 0 saturated carbocycles. The van der Waals surface area contributed by atoms with E-state index in [0.717, 1.165) is 17.0 Å². The Morgan fingerprint density at radius 1 is 1.14 bits per heavy atom. The Morgan fingerprint density at radius 3 is 2.19 bits per heavy atom. The average Bonchev–Trinajstić information content (AvgIpc) is 2.72. The number of nitro groups is 1. The minimum Gasteiger partial charge on any atom is -0.505 e. The van der Waals surface area contributed by atoms with Gasteiger partial charge in [-0.15, -0.1) is 0 Å². The maximum absolute atomic E-state index is 12.3. The standard InChI is InChI=1S/C14H12N2O5/c17-12-7-8(16(20)21)5-6-11(12)15-13(18)9-3-1-2-4-10(9)14(15)19/h1-2,5-7,9-10,17H,3-4H2/t9-,10-/m0/s1. The monoisotopic (exact) mass is 288 g/mol. The average molecular weight is 288 g/mol. The zero-order chi connectivity index (χ0) is 15.1. The van der Waals surface area contributed by atoms with Crippen molar-refractivity contribution in [1.82, 2.24) is 0 Å². The van der Waals surface area contributed by atoms with Crippen molar-refractivity contribution in [2.24, 2.45) is 11.8 Å². The number of phenols is 1. The van der Waals surface area contributed by atoms with Crippen LogP contribution in [0, 0.1) is 22.0 Å². The van der Waals surface area contributed by atoms with Gasteiger partial charge in [-0.3, -0.25) is 19.7 Å². The number of hydrogen-bond acceptors (Lipinski definition) is 5. The van der Waals surface area contributed by atoms with E-state index in [2.05, 4.69) is 0 Å². The molecular formula is C14H12N2O5. The Labute approximate surface area is 119 Å². The van der Waals surface area contributed by atoms with Gasteiger partial charge in [0.1, 0.15) is 5.75 Å². The van der Waals surface area contributed by atoms with Crippen LogP contribution in [0.1, 0.15) is 12.8 Å². The number of phenolic OH excluding ortho intramolecular Hbond substituents is 1. The van der Waals surface area contributed by atoms with E-state index in [1.807, 2.05) is 12.2 Å². The second kappa shape index (κ2) is 4.69. The maximum Gasteiger partial charge on any atom is 0.273 e. The lowest BCUT2D eigenvalue weighted by Gasteiger charge is -2.15. The third-order valence-electron chi connectivity index (χ3n) is 3.92. The molecule has 0 bridgehead atoms. The van der Waals surface area contributed by atoms with Crippen molar-refractivity contribution in [1.29, 1.82) is 0 Å². The highest BCUT2D eigenvalue weighted by Gasteiger charge is 2.48. The van der Waals surface area contributed by atoms with E-state index >= 15 is 0 Å². The summed E-state index contributed by atoms with van der Waals surface area (Å²) >= 11 is 0. The lowest BCUT2D eigenvalue weighted by atomic mass is 9.85. The van der Waals surface area contributed by atoms with Crippen molar-refractivity contribution in [3.8, 4) is 5.75 Å². The van der Waals surface area contributed by atoms with Crippen molar-refractivity contribution >= 4 is 23.2 Å². The van der Waals surface area contributed by atoms with Gasteiger partial charge >= 0.3 is 0 Å². The molecule has 7 heteroatoms. The highest BCUT2D eigenvalue weighted by atomic mass is 16.6. The van der Waals surface area contributed by atoms with Gasteiger partial charge in [-0.2, -0.15) is 0 Å². The fourth-order valence-corrected chi connectivity index (χ4v) is 2.85. The molecule has 1 aliphatic carbocycles. The zero-order valence-corrected chi connectivity index (χ0v) is 10.9. The van der Waals surface area contributed by atoms with Crippen LogP contribution < -0.4 is 4.90 Å². The number of carbonyl (C=O) groups is 2. The predicted octanol–water partition coefficient (Wildman–Crippen LogP) is 1.76. The number of non-ortho nitro benzene ring substituents is 1. The smallest absolute Gasteiger partial charge is 0.273 e. The molecule has 21 heavy (non-hydrogen) atoms. The first-order valence-electron chi connectivity index (χ1n) is 6.51. The Bertz CT molecular complexity index is 656. The summed E-state index contributed by atoms with van der Waals surface area (Å²) in [6.07, 6.45) is 4.73. The summed E-state index contributed by atoms with van der Waals surface area (Å²) in [5, 5.41) is 20.6. The summed E-state index contributed by atoms with van der Waals surface area (Å²) in [6, 6.07) is 3.33. The molecule has 1 aromatic carbocycles. The second-order valence-electron chi connectivity index (χ2n) is 5.10. The molecule has 108 valence electrons. The van der Waals surface area contributed by atoms with E-state index < -0.39 is 22.5 Å². The number of rotatable bonds is 2. The molecule has 1 aromatic rings. The molecule has 2 atom stereocenters. The fourth-order valence-electron chi connectivity index (χ4n) is 2.85. The predicted molar refractivity (Wildman–Crippen MR) is 72.6 cm³/mol. The van der Waals surface area contributed by atoms with Gasteiger partial charge in [-0.1, -0.05) is 12.2 Å². The number of hydrogen-bond donors (Lipinski definition) is 1. The van der Waals surface area contributed by atoms with Crippen LogP contribution in [-0.4, -0.2) is 21.8 Å². The first kappa shape index (κ1) is 13.3. The van der Waals surface area contributed by atoms with E-state index in [1.165, 1.54) is 6.07 Å². The first-order valence-corrected chi connectivity index (χ1v) is 6.51.